The van der Waals surface area contributed by atoms with Crippen molar-refractivity contribution in [3.05, 3.63) is 32.1 Å². The highest BCUT2D eigenvalue weighted by Crippen LogP contribution is 2.38. The van der Waals surface area contributed by atoms with Crippen LogP contribution >= 0.6 is 22.7 Å². The molecule has 0 unspecified atom stereocenters. The number of sulfone groups is 1. The van der Waals surface area contributed by atoms with E-state index in [0.29, 0.717) is 27.1 Å². The van der Waals surface area contributed by atoms with Crippen LogP contribution < -0.4 is 5.32 Å². The molecule has 0 aromatic carbocycles. The van der Waals surface area contributed by atoms with Crippen LogP contribution in [0.5, 0.6) is 0 Å². The predicted octanol–water partition coefficient (Wildman–Crippen LogP) is 3.16. The van der Waals surface area contributed by atoms with Crippen molar-refractivity contribution in [1.82, 2.24) is 4.98 Å². The van der Waals surface area contributed by atoms with Crippen LogP contribution in [0.2, 0.25) is 0 Å². The van der Waals surface area contributed by atoms with E-state index in [1.54, 1.807) is 6.92 Å². The van der Waals surface area contributed by atoms with Gasteiger partial charge in [0.05, 0.1) is 40.8 Å². The van der Waals surface area contributed by atoms with E-state index in [-0.39, 0.29) is 42.4 Å². The lowest BCUT2D eigenvalue weighted by molar-refractivity contribution is -0.115. The Hall–Kier alpha value is -1.78. The summed E-state index contributed by atoms with van der Waals surface area (Å²) in [5, 5.41) is 5.94. The average molecular weight is 443 g/mol. The van der Waals surface area contributed by atoms with Gasteiger partial charge in [-0.3, -0.25) is 4.79 Å². The third-order valence-electron chi connectivity index (χ3n) is 4.24. The second kappa shape index (κ2) is 8.30. The molecule has 0 saturated carbocycles. The van der Waals surface area contributed by atoms with Crippen molar-refractivity contribution in [3.8, 4) is 0 Å². The Morgan fingerprint density at radius 1 is 1.36 bits per heavy atom. The Bertz CT molecular complexity index is 1000. The number of aromatic nitrogens is 1. The van der Waals surface area contributed by atoms with Gasteiger partial charge < -0.3 is 10.1 Å². The van der Waals surface area contributed by atoms with Crippen molar-refractivity contribution in [2.45, 2.75) is 45.3 Å². The highest BCUT2D eigenvalue weighted by Gasteiger charge is 2.32. The van der Waals surface area contributed by atoms with Crippen LogP contribution in [0, 0.1) is 0 Å². The highest BCUT2D eigenvalue weighted by molar-refractivity contribution is 7.90. The van der Waals surface area contributed by atoms with Gasteiger partial charge in [0.25, 0.3) is 0 Å². The van der Waals surface area contributed by atoms with Crippen LogP contribution in [0.4, 0.5) is 5.00 Å². The summed E-state index contributed by atoms with van der Waals surface area (Å²) >= 11 is 2.65. The van der Waals surface area contributed by atoms with E-state index in [2.05, 4.69) is 10.3 Å². The number of nitrogens with zero attached hydrogens (tertiary/aromatic N) is 1. The number of fused-ring (bicyclic) bond motifs is 1. The molecule has 152 valence electrons. The minimum Gasteiger partial charge on any atom is -0.462 e. The van der Waals surface area contributed by atoms with Gasteiger partial charge in [0.2, 0.25) is 5.91 Å². The van der Waals surface area contributed by atoms with Gasteiger partial charge >= 0.3 is 5.97 Å². The van der Waals surface area contributed by atoms with E-state index in [0.717, 1.165) is 16.3 Å². The number of rotatable bonds is 6. The summed E-state index contributed by atoms with van der Waals surface area (Å²) in [4.78, 5) is 30.0. The van der Waals surface area contributed by atoms with E-state index in [9.17, 15) is 18.0 Å². The summed E-state index contributed by atoms with van der Waals surface area (Å²) in [6, 6.07) is 0. The molecule has 2 aromatic heterocycles. The molecule has 0 radical (unpaired) electrons. The fourth-order valence-electron chi connectivity index (χ4n) is 2.93. The van der Waals surface area contributed by atoms with Gasteiger partial charge in [-0.1, -0.05) is 13.8 Å². The van der Waals surface area contributed by atoms with Crippen LogP contribution in [0.15, 0.2) is 5.38 Å². The molecule has 0 spiro atoms. The number of nitrogens with one attached hydrogen (secondary N) is 1. The number of thiophene rings is 1. The zero-order valence-corrected chi connectivity index (χ0v) is 18.4. The third kappa shape index (κ3) is 4.61. The van der Waals surface area contributed by atoms with Crippen molar-refractivity contribution >= 4 is 49.4 Å². The smallest absolute Gasteiger partial charge is 0.341 e. The maximum Gasteiger partial charge on any atom is 0.341 e. The first-order valence-electron chi connectivity index (χ1n) is 8.96. The molecule has 1 amide bonds. The first-order chi connectivity index (χ1) is 13.2. The van der Waals surface area contributed by atoms with Gasteiger partial charge in [-0.25, -0.2) is 18.2 Å². The van der Waals surface area contributed by atoms with Gasteiger partial charge in [-0.05, 0) is 18.9 Å². The maximum atomic E-state index is 12.5. The largest absolute Gasteiger partial charge is 0.462 e. The minimum atomic E-state index is -3.18. The molecule has 10 heteroatoms. The number of amides is 1. The number of anilines is 1. The molecule has 0 fully saturated rings. The number of esters is 1. The highest BCUT2D eigenvalue weighted by atomic mass is 32.2. The van der Waals surface area contributed by atoms with E-state index >= 15 is 0 Å². The van der Waals surface area contributed by atoms with E-state index in [1.165, 1.54) is 11.3 Å². The fraction of sp³-hybridized carbons (Fsp3) is 0.500. The molecule has 3 rings (SSSR count). The normalized spacial score (nSPS) is 15.3. The Kier molecular flexibility index (Phi) is 6.21. The quantitative estimate of drug-likeness (QED) is 0.690. The summed E-state index contributed by atoms with van der Waals surface area (Å²) in [6.45, 7) is 5.98. The predicted molar refractivity (Wildman–Crippen MR) is 110 cm³/mol. The lowest BCUT2D eigenvalue weighted by Crippen LogP contribution is -2.20. The molecule has 3 heterocycles. The lowest BCUT2D eigenvalue weighted by Gasteiger charge is -2.13. The molecule has 2 aromatic rings. The Morgan fingerprint density at radius 2 is 2.11 bits per heavy atom. The Balaban J connectivity index is 1.84. The third-order valence-corrected chi connectivity index (χ3v) is 8.32. The molecule has 0 bridgehead atoms. The standard InChI is InChI=1S/C18H22N2O5S3/c1-4-25-18(22)15-12-5-6-28(23,24)9-13(12)27-17(15)20-14(21)7-11-8-26-16(19-11)10(2)3/h8,10H,4-7,9H2,1-3H3,(H,20,21). The van der Waals surface area contributed by atoms with Crippen molar-refractivity contribution in [2.75, 3.05) is 17.7 Å². The monoisotopic (exact) mass is 442 g/mol. The maximum absolute atomic E-state index is 12.5. The first-order valence-corrected chi connectivity index (χ1v) is 12.5. The topological polar surface area (TPSA) is 102 Å². The number of hydrogen-bond donors (Lipinski definition) is 1. The molecule has 1 aliphatic heterocycles. The summed E-state index contributed by atoms with van der Waals surface area (Å²) in [7, 11) is -3.18. The van der Waals surface area contributed by atoms with Gasteiger partial charge in [-0.15, -0.1) is 22.7 Å². The van der Waals surface area contributed by atoms with Crippen LogP contribution in [0.1, 0.15) is 58.2 Å². The van der Waals surface area contributed by atoms with Gasteiger partial charge in [-0.2, -0.15) is 0 Å². The number of thiazole rings is 1. The molecule has 0 saturated heterocycles. The van der Waals surface area contributed by atoms with Crippen molar-refractivity contribution in [1.29, 1.82) is 0 Å². The molecular formula is C18H22N2O5S3. The number of carbonyl (C=O) groups excluding carboxylic acids is 2. The molecule has 1 aliphatic rings. The molecule has 7 nitrogen and oxygen atoms in total. The second-order valence-electron chi connectivity index (χ2n) is 6.83. The van der Waals surface area contributed by atoms with Crippen LogP contribution in [-0.2, 0) is 38.0 Å². The van der Waals surface area contributed by atoms with E-state index in [1.807, 2.05) is 19.2 Å². The average Bonchev–Trinajstić information content (AvgIpc) is 3.18. The zero-order valence-electron chi connectivity index (χ0n) is 15.9. The van der Waals surface area contributed by atoms with Crippen molar-refractivity contribution in [2.24, 2.45) is 0 Å². The SMILES string of the molecule is CCOC(=O)c1c(NC(=O)Cc2csc(C(C)C)n2)sc2c1CCS(=O)(=O)C2. The lowest BCUT2D eigenvalue weighted by atomic mass is 10.1. The Labute approximate surface area is 172 Å². The zero-order chi connectivity index (χ0) is 20.5. The minimum absolute atomic E-state index is 0.00662. The van der Waals surface area contributed by atoms with Crippen LogP contribution in [0.25, 0.3) is 0 Å². The fourth-order valence-corrected chi connectivity index (χ4v) is 6.82. The summed E-state index contributed by atoms with van der Waals surface area (Å²) < 4.78 is 29.0. The van der Waals surface area contributed by atoms with Gasteiger partial charge in [0, 0.05) is 16.2 Å². The molecule has 0 aliphatic carbocycles. The molecule has 0 atom stereocenters. The first kappa shape index (κ1) is 20.9. The summed E-state index contributed by atoms with van der Waals surface area (Å²) in [5.41, 5.74) is 1.63. The molecular weight excluding hydrogens is 420 g/mol. The van der Waals surface area contributed by atoms with Gasteiger partial charge in [0.15, 0.2) is 9.84 Å². The van der Waals surface area contributed by atoms with Crippen molar-refractivity contribution < 1.29 is 22.7 Å². The van der Waals surface area contributed by atoms with Crippen molar-refractivity contribution in [3.63, 3.8) is 0 Å². The van der Waals surface area contributed by atoms with Crippen LogP contribution in [0.3, 0.4) is 0 Å². The number of ether oxygens (including phenoxy) is 1. The Morgan fingerprint density at radius 3 is 2.75 bits per heavy atom. The summed E-state index contributed by atoms with van der Waals surface area (Å²) in [6.07, 6.45) is 0.342. The van der Waals surface area contributed by atoms with E-state index in [4.69, 9.17) is 4.74 Å². The number of carbonyl (C=O) groups is 2. The summed E-state index contributed by atoms with van der Waals surface area (Å²) in [5.74, 6) is -0.659. The number of hydrogen-bond acceptors (Lipinski definition) is 8. The molecule has 1 N–H and O–H groups in total. The molecule has 28 heavy (non-hydrogen) atoms. The van der Waals surface area contributed by atoms with Gasteiger partial charge in [0.1, 0.15) is 5.00 Å². The van der Waals surface area contributed by atoms with E-state index < -0.39 is 15.8 Å². The second-order valence-corrected chi connectivity index (χ2v) is 11.0. The van der Waals surface area contributed by atoms with Crippen LogP contribution in [-0.4, -0.2) is 37.6 Å².